The largest absolute Gasteiger partial charge is 0.481 e. The minimum absolute atomic E-state index is 0.0231. The number of nitrogens with zero attached hydrogens (tertiary/aromatic N) is 2. The summed E-state index contributed by atoms with van der Waals surface area (Å²) in [5.74, 6) is 0.415. The standard InChI is InChI=1S/C12H16N2O3/c1-17-11-5-4-9(7-13-11)12(16)14-6-2-3-10(14)8-15/h4-5,7,10,15H,2-3,6,8H2,1H3. The predicted octanol–water partition coefficient (Wildman–Crippen LogP) is 0.687. The highest BCUT2D eigenvalue weighted by molar-refractivity contribution is 5.94. The van der Waals surface area contributed by atoms with Crippen LogP contribution in [0.25, 0.3) is 0 Å². The van der Waals surface area contributed by atoms with E-state index in [2.05, 4.69) is 4.98 Å². The number of aliphatic hydroxyl groups excluding tert-OH is 1. The number of carbonyl (C=O) groups is 1. The van der Waals surface area contributed by atoms with E-state index in [0.29, 0.717) is 18.0 Å². The lowest BCUT2D eigenvalue weighted by Crippen LogP contribution is -2.37. The van der Waals surface area contributed by atoms with Gasteiger partial charge >= 0.3 is 0 Å². The van der Waals surface area contributed by atoms with Crippen LogP contribution in [0.3, 0.4) is 0 Å². The Balaban J connectivity index is 2.13. The molecule has 0 spiro atoms. The molecule has 1 amide bonds. The molecule has 17 heavy (non-hydrogen) atoms. The quantitative estimate of drug-likeness (QED) is 0.838. The molecule has 2 heterocycles. The Kier molecular flexibility index (Phi) is 3.58. The van der Waals surface area contributed by atoms with E-state index in [1.165, 1.54) is 13.3 Å². The molecule has 1 aromatic heterocycles. The van der Waals surface area contributed by atoms with Gasteiger partial charge in [0.15, 0.2) is 0 Å². The number of amides is 1. The zero-order valence-corrected chi connectivity index (χ0v) is 9.80. The number of ether oxygens (including phenoxy) is 1. The lowest BCUT2D eigenvalue weighted by Gasteiger charge is -2.22. The van der Waals surface area contributed by atoms with Crippen molar-refractivity contribution in [3.8, 4) is 5.88 Å². The Hall–Kier alpha value is -1.62. The average molecular weight is 236 g/mol. The van der Waals surface area contributed by atoms with Gasteiger partial charge in [0, 0.05) is 18.8 Å². The summed E-state index contributed by atoms with van der Waals surface area (Å²) < 4.78 is 4.94. The molecule has 0 saturated carbocycles. The van der Waals surface area contributed by atoms with Crippen LogP contribution in [-0.2, 0) is 0 Å². The van der Waals surface area contributed by atoms with Crippen molar-refractivity contribution < 1.29 is 14.6 Å². The van der Waals surface area contributed by atoms with E-state index < -0.39 is 0 Å². The number of hydrogen-bond donors (Lipinski definition) is 1. The Morgan fingerprint density at radius 1 is 1.65 bits per heavy atom. The van der Waals surface area contributed by atoms with E-state index in [1.54, 1.807) is 17.0 Å². The Labute approximate surface area is 100 Å². The maximum atomic E-state index is 12.1. The second-order valence-electron chi connectivity index (χ2n) is 4.07. The van der Waals surface area contributed by atoms with Crippen molar-refractivity contribution in [3.63, 3.8) is 0 Å². The number of hydrogen-bond acceptors (Lipinski definition) is 4. The Morgan fingerprint density at radius 2 is 2.47 bits per heavy atom. The number of methoxy groups -OCH3 is 1. The van der Waals surface area contributed by atoms with Crippen LogP contribution in [0.4, 0.5) is 0 Å². The molecule has 0 aliphatic carbocycles. The first kappa shape index (κ1) is 11.9. The van der Waals surface area contributed by atoms with Crippen LogP contribution >= 0.6 is 0 Å². The van der Waals surface area contributed by atoms with Crippen LogP contribution < -0.4 is 4.74 Å². The fourth-order valence-electron chi connectivity index (χ4n) is 2.09. The number of pyridine rings is 1. The van der Waals surface area contributed by atoms with Crippen molar-refractivity contribution in [1.29, 1.82) is 0 Å². The smallest absolute Gasteiger partial charge is 0.255 e. The topological polar surface area (TPSA) is 62.7 Å². The van der Waals surface area contributed by atoms with Crippen LogP contribution in [0.5, 0.6) is 5.88 Å². The molecular formula is C12H16N2O3. The van der Waals surface area contributed by atoms with E-state index >= 15 is 0 Å². The summed E-state index contributed by atoms with van der Waals surface area (Å²) in [6, 6.07) is 3.31. The molecule has 1 fully saturated rings. The molecule has 1 unspecified atom stereocenters. The highest BCUT2D eigenvalue weighted by Gasteiger charge is 2.28. The number of carbonyl (C=O) groups excluding carboxylic acids is 1. The maximum absolute atomic E-state index is 12.1. The SMILES string of the molecule is COc1ccc(C(=O)N2CCCC2CO)cn1. The lowest BCUT2D eigenvalue weighted by atomic mass is 10.2. The van der Waals surface area contributed by atoms with Crippen molar-refractivity contribution in [2.24, 2.45) is 0 Å². The van der Waals surface area contributed by atoms with E-state index in [1.807, 2.05) is 0 Å². The lowest BCUT2D eigenvalue weighted by molar-refractivity contribution is 0.0677. The summed E-state index contributed by atoms with van der Waals surface area (Å²) in [4.78, 5) is 17.9. The van der Waals surface area contributed by atoms with Gasteiger partial charge < -0.3 is 14.7 Å². The first-order chi connectivity index (χ1) is 8.26. The van der Waals surface area contributed by atoms with Crippen molar-refractivity contribution in [1.82, 2.24) is 9.88 Å². The van der Waals surface area contributed by atoms with Gasteiger partial charge in [-0.3, -0.25) is 4.79 Å². The molecule has 5 heteroatoms. The highest BCUT2D eigenvalue weighted by atomic mass is 16.5. The summed E-state index contributed by atoms with van der Waals surface area (Å²) in [6.07, 6.45) is 3.32. The Bertz CT molecular complexity index is 391. The summed E-state index contributed by atoms with van der Waals surface area (Å²) in [5, 5.41) is 9.18. The number of rotatable bonds is 3. The van der Waals surface area contributed by atoms with Crippen molar-refractivity contribution in [3.05, 3.63) is 23.9 Å². The molecule has 1 aliphatic rings. The van der Waals surface area contributed by atoms with Gasteiger partial charge in [-0.1, -0.05) is 0 Å². The monoisotopic (exact) mass is 236 g/mol. The van der Waals surface area contributed by atoms with Crippen LogP contribution in [0.1, 0.15) is 23.2 Å². The Morgan fingerprint density at radius 3 is 3.06 bits per heavy atom. The van der Waals surface area contributed by atoms with Crippen LogP contribution in [0.15, 0.2) is 18.3 Å². The maximum Gasteiger partial charge on any atom is 0.255 e. The summed E-state index contributed by atoms with van der Waals surface area (Å²) in [6.45, 7) is 0.728. The first-order valence-corrected chi connectivity index (χ1v) is 5.68. The molecule has 1 aromatic rings. The van der Waals surface area contributed by atoms with Crippen LogP contribution in [0, 0.1) is 0 Å². The molecule has 92 valence electrons. The summed E-state index contributed by atoms with van der Waals surface area (Å²) in [7, 11) is 1.53. The third kappa shape index (κ3) is 2.39. The van der Waals surface area contributed by atoms with E-state index in [0.717, 1.165) is 12.8 Å². The van der Waals surface area contributed by atoms with Gasteiger partial charge in [-0.2, -0.15) is 0 Å². The number of likely N-dealkylation sites (tertiary alicyclic amines) is 1. The van der Waals surface area contributed by atoms with Gasteiger partial charge in [0.1, 0.15) is 0 Å². The fourth-order valence-corrected chi connectivity index (χ4v) is 2.09. The minimum Gasteiger partial charge on any atom is -0.481 e. The van der Waals surface area contributed by atoms with Gasteiger partial charge in [0.05, 0.1) is 25.3 Å². The molecule has 1 saturated heterocycles. The zero-order valence-electron chi connectivity index (χ0n) is 9.80. The third-order valence-corrected chi connectivity index (χ3v) is 3.04. The number of aliphatic hydroxyl groups is 1. The normalized spacial score (nSPS) is 19.4. The molecule has 0 radical (unpaired) electrons. The molecule has 0 aromatic carbocycles. The molecule has 0 bridgehead atoms. The van der Waals surface area contributed by atoms with Crippen LogP contribution in [0.2, 0.25) is 0 Å². The average Bonchev–Trinajstić information content (AvgIpc) is 2.86. The molecule has 2 rings (SSSR count). The van der Waals surface area contributed by atoms with E-state index in [9.17, 15) is 9.90 Å². The molecule has 1 N–H and O–H groups in total. The second-order valence-corrected chi connectivity index (χ2v) is 4.07. The van der Waals surface area contributed by atoms with Gasteiger partial charge in [0.2, 0.25) is 5.88 Å². The van der Waals surface area contributed by atoms with Crippen molar-refractivity contribution in [2.75, 3.05) is 20.3 Å². The third-order valence-electron chi connectivity index (χ3n) is 3.04. The van der Waals surface area contributed by atoms with Crippen LogP contribution in [-0.4, -0.2) is 47.2 Å². The highest BCUT2D eigenvalue weighted by Crippen LogP contribution is 2.20. The van der Waals surface area contributed by atoms with Gasteiger partial charge in [-0.15, -0.1) is 0 Å². The molecule has 5 nitrogen and oxygen atoms in total. The summed E-state index contributed by atoms with van der Waals surface area (Å²) >= 11 is 0. The van der Waals surface area contributed by atoms with Crippen molar-refractivity contribution >= 4 is 5.91 Å². The van der Waals surface area contributed by atoms with Gasteiger partial charge in [-0.05, 0) is 18.9 Å². The fraction of sp³-hybridized carbons (Fsp3) is 0.500. The van der Waals surface area contributed by atoms with Crippen molar-refractivity contribution in [2.45, 2.75) is 18.9 Å². The molecule has 1 aliphatic heterocycles. The zero-order chi connectivity index (χ0) is 12.3. The summed E-state index contributed by atoms with van der Waals surface area (Å²) in [5.41, 5.74) is 0.533. The molecular weight excluding hydrogens is 220 g/mol. The first-order valence-electron chi connectivity index (χ1n) is 5.68. The van der Waals surface area contributed by atoms with Gasteiger partial charge in [-0.25, -0.2) is 4.98 Å². The van der Waals surface area contributed by atoms with E-state index in [-0.39, 0.29) is 18.6 Å². The van der Waals surface area contributed by atoms with E-state index in [4.69, 9.17) is 4.74 Å². The molecule has 1 atom stereocenters. The minimum atomic E-state index is -0.0725. The van der Waals surface area contributed by atoms with Gasteiger partial charge in [0.25, 0.3) is 5.91 Å². The second kappa shape index (κ2) is 5.14. The predicted molar refractivity (Wildman–Crippen MR) is 61.9 cm³/mol. The number of aromatic nitrogens is 1.